The highest BCUT2D eigenvalue weighted by molar-refractivity contribution is 4.77. The quantitative estimate of drug-likeness (QED) is 0.626. The van der Waals surface area contributed by atoms with Crippen LogP contribution in [-0.2, 0) is 0 Å². The maximum atomic E-state index is 9.21. The van der Waals surface area contributed by atoms with Crippen LogP contribution in [0.25, 0.3) is 0 Å². The molecule has 0 bridgehead atoms. The number of hydrogen-bond acceptors (Lipinski definition) is 3. The fourth-order valence-corrected chi connectivity index (χ4v) is 2.43. The van der Waals surface area contributed by atoms with Crippen LogP contribution in [0, 0.1) is 5.92 Å². The van der Waals surface area contributed by atoms with Crippen LogP contribution in [0.5, 0.6) is 0 Å². The summed E-state index contributed by atoms with van der Waals surface area (Å²) in [5.74, 6) is 0.927. The van der Waals surface area contributed by atoms with Gasteiger partial charge in [0.1, 0.15) is 0 Å². The molecule has 0 amide bonds. The third kappa shape index (κ3) is 4.96. The predicted octanol–water partition coefficient (Wildman–Crippen LogP) is 1.29. The van der Waals surface area contributed by atoms with Gasteiger partial charge >= 0.3 is 0 Å². The van der Waals surface area contributed by atoms with Crippen molar-refractivity contribution in [2.24, 2.45) is 5.92 Å². The second-order valence-corrected chi connectivity index (χ2v) is 4.75. The van der Waals surface area contributed by atoms with Gasteiger partial charge in [0, 0.05) is 12.6 Å². The molecule has 1 saturated carbocycles. The normalized spacial score (nSPS) is 29.0. The summed E-state index contributed by atoms with van der Waals surface area (Å²) in [6.45, 7) is 2.64. The van der Waals surface area contributed by atoms with E-state index in [1.165, 1.54) is 38.5 Å². The molecule has 0 saturated heterocycles. The molecule has 3 N–H and O–H groups in total. The Morgan fingerprint density at radius 3 is 2.47 bits per heavy atom. The monoisotopic (exact) mass is 215 g/mol. The van der Waals surface area contributed by atoms with E-state index in [9.17, 15) is 5.11 Å². The van der Waals surface area contributed by atoms with Gasteiger partial charge in [-0.2, -0.15) is 0 Å². The maximum Gasteiger partial charge on any atom is 0.0895 e. The average molecular weight is 215 g/mol. The van der Waals surface area contributed by atoms with E-state index in [1.807, 2.05) is 0 Å². The summed E-state index contributed by atoms with van der Waals surface area (Å²) in [5.41, 5.74) is 0. The van der Waals surface area contributed by atoms with Crippen molar-refractivity contribution in [2.45, 2.75) is 57.6 Å². The van der Waals surface area contributed by atoms with Gasteiger partial charge in [0.15, 0.2) is 0 Å². The zero-order valence-electron chi connectivity index (χ0n) is 9.78. The van der Waals surface area contributed by atoms with E-state index in [4.69, 9.17) is 5.11 Å². The Morgan fingerprint density at radius 1 is 1.27 bits per heavy atom. The highest BCUT2D eigenvalue weighted by Crippen LogP contribution is 2.27. The lowest BCUT2D eigenvalue weighted by Gasteiger charge is -2.29. The molecule has 0 spiro atoms. The van der Waals surface area contributed by atoms with Crippen molar-refractivity contribution in [3.63, 3.8) is 0 Å². The Morgan fingerprint density at radius 2 is 1.93 bits per heavy atom. The molecule has 0 aromatic heterocycles. The first-order valence-electron chi connectivity index (χ1n) is 6.28. The molecule has 1 unspecified atom stereocenters. The predicted molar refractivity (Wildman–Crippen MR) is 61.7 cm³/mol. The summed E-state index contributed by atoms with van der Waals surface area (Å²) in [4.78, 5) is 0. The van der Waals surface area contributed by atoms with Gasteiger partial charge in [-0.25, -0.2) is 0 Å². The number of aliphatic hydroxyl groups excluding tert-OH is 2. The minimum Gasteiger partial charge on any atom is -0.394 e. The molecule has 90 valence electrons. The minimum absolute atomic E-state index is 0.141. The number of hydrogen-bond donors (Lipinski definition) is 3. The molecule has 1 aliphatic carbocycles. The molecule has 0 aromatic carbocycles. The Kier molecular flexibility index (Phi) is 6.22. The number of aliphatic hydroxyl groups is 2. The molecule has 1 aliphatic rings. The highest BCUT2D eigenvalue weighted by atomic mass is 16.3. The van der Waals surface area contributed by atoms with E-state index in [2.05, 4.69) is 12.2 Å². The van der Waals surface area contributed by atoms with E-state index < -0.39 is 6.10 Å². The minimum atomic E-state index is -0.599. The SMILES string of the molecule is CCCC1CCC(NCC(O)CO)CC1. The van der Waals surface area contributed by atoms with Gasteiger partial charge in [-0.1, -0.05) is 19.8 Å². The Hall–Kier alpha value is -0.120. The Balaban J connectivity index is 2.09. The van der Waals surface area contributed by atoms with Crippen LogP contribution in [0.1, 0.15) is 45.4 Å². The van der Waals surface area contributed by atoms with E-state index in [0.717, 1.165) is 5.92 Å². The third-order valence-electron chi connectivity index (χ3n) is 3.40. The third-order valence-corrected chi connectivity index (χ3v) is 3.40. The van der Waals surface area contributed by atoms with Crippen LogP contribution in [0.4, 0.5) is 0 Å². The molecular weight excluding hydrogens is 190 g/mol. The summed E-state index contributed by atoms with van der Waals surface area (Å²) in [5, 5.41) is 21.2. The van der Waals surface area contributed by atoms with Crippen molar-refractivity contribution < 1.29 is 10.2 Å². The standard InChI is InChI=1S/C12H25NO2/c1-2-3-10-4-6-11(7-5-10)13-8-12(15)9-14/h10-15H,2-9H2,1H3. The lowest BCUT2D eigenvalue weighted by molar-refractivity contribution is 0.0893. The van der Waals surface area contributed by atoms with Crippen molar-refractivity contribution in [3.05, 3.63) is 0 Å². The van der Waals surface area contributed by atoms with Gasteiger partial charge in [-0.15, -0.1) is 0 Å². The second-order valence-electron chi connectivity index (χ2n) is 4.75. The molecule has 1 fully saturated rings. The fraction of sp³-hybridized carbons (Fsp3) is 1.00. The van der Waals surface area contributed by atoms with Crippen LogP contribution in [0.15, 0.2) is 0 Å². The molecule has 1 rings (SSSR count). The van der Waals surface area contributed by atoms with Crippen LogP contribution >= 0.6 is 0 Å². The number of rotatable bonds is 6. The Labute approximate surface area is 92.9 Å². The first-order chi connectivity index (χ1) is 7.26. The summed E-state index contributed by atoms with van der Waals surface area (Å²) < 4.78 is 0. The second kappa shape index (κ2) is 7.20. The van der Waals surface area contributed by atoms with Crippen LogP contribution in [0.3, 0.4) is 0 Å². The van der Waals surface area contributed by atoms with E-state index >= 15 is 0 Å². The lowest BCUT2D eigenvalue weighted by atomic mass is 9.83. The molecule has 1 atom stereocenters. The van der Waals surface area contributed by atoms with Crippen LogP contribution < -0.4 is 5.32 Å². The van der Waals surface area contributed by atoms with E-state index in [-0.39, 0.29) is 6.61 Å². The summed E-state index contributed by atoms with van der Waals surface area (Å²) in [7, 11) is 0. The van der Waals surface area contributed by atoms with E-state index in [0.29, 0.717) is 12.6 Å². The van der Waals surface area contributed by atoms with Gasteiger partial charge in [-0.3, -0.25) is 0 Å². The summed E-state index contributed by atoms with van der Waals surface area (Å²) >= 11 is 0. The van der Waals surface area contributed by atoms with Crippen LogP contribution in [-0.4, -0.2) is 35.5 Å². The number of nitrogens with one attached hydrogen (secondary N) is 1. The van der Waals surface area contributed by atoms with Crippen molar-refractivity contribution in [2.75, 3.05) is 13.2 Å². The maximum absolute atomic E-state index is 9.21. The first kappa shape index (κ1) is 12.9. The summed E-state index contributed by atoms with van der Waals surface area (Å²) in [6.07, 6.45) is 7.16. The zero-order chi connectivity index (χ0) is 11.1. The topological polar surface area (TPSA) is 52.5 Å². The van der Waals surface area contributed by atoms with Crippen molar-refractivity contribution in [1.29, 1.82) is 0 Å². The van der Waals surface area contributed by atoms with E-state index in [1.54, 1.807) is 0 Å². The van der Waals surface area contributed by atoms with Gasteiger partial charge in [0.2, 0.25) is 0 Å². The molecule has 3 nitrogen and oxygen atoms in total. The molecule has 15 heavy (non-hydrogen) atoms. The molecule has 3 heteroatoms. The molecular formula is C12H25NO2. The first-order valence-corrected chi connectivity index (χ1v) is 6.28. The Bertz CT molecular complexity index is 156. The van der Waals surface area contributed by atoms with Gasteiger partial charge in [0.05, 0.1) is 12.7 Å². The molecule has 0 aliphatic heterocycles. The summed E-state index contributed by atoms with van der Waals surface area (Å²) in [6, 6.07) is 0.555. The van der Waals surface area contributed by atoms with Gasteiger partial charge in [0.25, 0.3) is 0 Å². The van der Waals surface area contributed by atoms with Crippen molar-refractivity contribution in [1.82, 2.24) is 5.32 Å². The molecule has 0 aromatic rings. The van der Waals surface area contributed by atoms with Crippen molar-refractivity contribution in [3.8, 4) is 0 Å². The zero-order valence-corrected chi connectivity index (χ0v) is 9.78. The highest BCUT2D eigenvalue weighted by Gasteiger charge is 2.20. The van der Waals surface area contributed by atoms with Crippen molar-refractivity contribution >= 4 is 0 Å². The largest absolute Gasteiger partial charge is 0.394 e. The van der Waals surface area contributed by atoms with Gasteiger partial charge in [-0.05, 0) is 31.6 Å². The smallest absolute Gasteiger partial charge is 0.0895 e. The average Bonchev–Trinajstić information content (AvgIpc) is 2.28. The molecule has 0 heterocycles. The van der Waals surface area contributed by atoms with Crippen LogP contribution in [0.2, 0.25) is 0 Å². The lowest BCUT2D eigenvalue weighted by Crippen LogP contribution is -2.39. The molecule has 0 radical (unpaired) electrons. The van der Waals surface area contributed by atoms with Gasteiger partial charge < -0.3 is 15.5 Å². The fourth-order valence-electron chi connectivity index (χ4n) is 2.43.